The molecular weight excluding hydrogens is 456 g/mol. The number of rotatable bonds is 9. The molecule has 3 heterocycles. The van der Waals surface area contributed by atoms with Gasteiger partial charge >= 0.3 is 10.3 Å². The number of ketones is 1. The van der Waals surface area contributed by atoms with Crippen LogP contribution in [0.2, 0.25) is 0 Å². The van der Waals surface area contributed by atoms with E-state index < -0.39 is 22.3 Å². The van der Waals surface area contributed by atoms with Gasteiger partial charge in [-0.1, -0.05) is 0 Å². The Hall–Kier alpha value is -2.71. The number of nitrogens with two attached hydrogens (primary N) is 1. The summed E-state index contributed by atoms with van der Waals surface area (Å²) in [6.07, 6.45) is 8.08. The molecule has 1 saturated carbocycles. The van der Waals surface area contributed by atoms with E-state index in [0.717, 1.165) is 5.56 Å². The highest BCUT2D eigenvalue weighted by Gasteiger charge is 2.34. The standard InChI is InChI=1S/C19H22N6O5S2/c20-32(28,29)30-8-13-4-14(5-16(13)26)24-19-15(6-22-10-23-19)18(27)17-3-12(9-31-17)7-25-2-1-21-11-25/h1-3,6,9-11,13-14,16,26H,4-5,7-8H2,(H2,20,28,29)(H,22,23,24)/t13-,14-,16+/m1/s1. The van der Waals surface area contributed by atoms with Gasteiger partial charge in [0.2, 0.25) is 5.78 Å². The molecule has 3 aromatic rings. The van der Waals surface area contributed by atoms with E-state index in [9.17, 15) is 18.3 Å². The van der Waals surface area contributed by atoms with Crippen LogP contribution in [0.3, 0.4) is 0 Å². The van der Waals surface area contributed by atoms with Gasteiger partial charge in [0.25, 0.3) is 0 Å². The summed E-state index contributed by atoms with van der Waals surface area (Å²) in [4.78, 5) is 25.9. The van der Waals surface area contributed by atoms with Gasteiger partial charge in [-0.25, -0.2) is 20.1 Å². The zero-order valence-electron chi connectivity index (χ0n) is 16.9. The fraction of sp³-hybridized carbons (Fsp3) is 0.368. The third kappa shape index (κ3) is 5.55. The lowest BCUT2D eigenvalue weighted by molar-refractivity contribution is 0.101. The lowest BCUT2D eigenvalue weighted by Crippen LogP contribution is -2.24. The highest BCUT2D eigenvalue weighted by molar-refractivity contribution is 7.84. The predicted molar refractivity (Wildman–Crippen MR) is 116 cm³/mol. The Morgan fingerprint density at radius 2 is 2.22 bits per heavy atom. The number of hydrogen-bond acceptors (Lipinski definition) is 10. The predicted octanol–water partition coefficient (Wildman–Crippen LogP) is 0.785. The van der Waals surface area contributed by atoms with Crippen LogP contribution in [0.25, 0.3) is 0 Å². The van der Waals surface area contributed by atoms with E-state index in [0.29, 0.717) is 35.6 Å². The van der Waals surface area contributed by atoms with Crippen LogP contribution >= 0.6 is 11.3 Å². The van der Waals surface area contributed by atoms with Gasteiger partial charge in [0.1, 0.15) is 12.1 Å². The fourth-order valence-electron chi connectivity index (χ4n) is 3.69. The first-order valence-electron chi connectivity index (χ1n) is 9.78. The van der Waals surface area contributed by atoms with Gasteiger partial charge in [-0.05, 0) is 29.9 Å². The fourth-order valence-corrected chi connectivity index (χ4v) is 4.91. The van der Waals surface area contributed by atoms with Crippen molar-refractivity contribution in [1.29, 1.82) is 0 Å². The Bertz CT molecular complexity index is 1180. The van der Waals surface area contributed by atoms with Gasteiger partial charge in [-0.2, -0.15) is 8.42 Å². The molecule has 1 aliphatic rings. The van der Waals surface area contributed by atoms with Crippen molar-refractivity contribution in [3.05, 3.63) is 58.7 Å². The van der Waals surface area contributed by atoms with E-state index in [1.165, 1.54) is 23.9 Å². The quantitative estimate of drug-likeness (QED) is 0.377. The normalized spacial score (nSPS) is 21.0. The minimum atomic E-state index is -4.08. The summed E-state index contributed by atoms with van der Waals surface area (Å²) < 4.78 is 28.6. The van der Waals surface area contributed by atoms with Crippen molar-refractivity contribution < 1.29 is 22.5 Å². The minimum absolute atomic E-state index is 0.206. The largest absolute Gasteiger partial charge is 0.393 e. The number of aliphatic hydroxyl groups is 1. The molecule has 1 fully saturated rings. The minimum Gasteiger partial charge on any atom is -0.393 e. The maximum Gasteiger partial charge on any atom is 0.333 e. The maximum atomic E-state index is 13.1. The molecule has 0 aliphatic heterocycles. The molecule has 0 unspecified atom stereocenters. The molecule has 32 heavy (non-hydrogen) atoms. The molecule has 3 atom stereocenters. The third-order valence-corrected chi connectivity index (χ3v) is 6.65. The van der Waals surface area contributed by atoms with Crippen LogP contribution < -0.4 is 10.5 Å². The number of nitrogens with one attached hydrogen (secondary N) is 1. The second-order valence-electron chi connectivity index (χ2n) is 7.59. The average Bonchev–Trinajstić information content (AvgIpc) is 3.48. The molecule has 4 N–H and O–H groups in total. The van der Waals surface area contributed by atoms with Gasteiger partial charge in [-0.15, -0.1) is 11.3 Å². The second kappa shape index (κ2) is 9.42. The van der Waals surface area contributed by atoms with Gasteiger partial charge in [0.15, 0.2) is 0 Å². The van der Waals surface area contributed by atoms with Crippen molar-refractivity contribution in [1.82, 2.24) is 19.5 Å². The molecule has 0 radical (unpaired) electrons. The number of nitrogens with zero attached hydrogens (tertiary/aromatic N) is 4. The molecule has 3 aromatic heterocycles. The van der Waals surface area contributed by atoms with Crippen molar-refractivity contribution in [3.63, 3.8) is 0 Å². The number of hydrogen-bond donors (Lipinski definition) is 3. The number of imidazole rings is 1. The van der Waals surface area contributed by atoms with Crippen molar-refractivity contribution in [2.24, 2.45) is 11.1 Å². The van der Waals surface area contributed by atoms with Crippen LogP contribution in [0.5, 0.6) is 0 Å². The summed E-state index contributed by atoms with van der Waals surface area (Å²) in [6.45, 7) is 0.407. The second-order valence-corrected chi connectivity index (χ2v) is 9.72. The van der Waals surface area contributed by atoms with Crippen LogP contribution in [0.4, 0.5) is 5.82 Å². The first-order valence-corrected chi connectivity index (χ1v) is 12.1. The number of anilines is 1. The lowest BCUT2D eigenvalue weighted by atomic mass is 10.1. The summed E-state index contributed by atoms with van der Waals surface area (Å²) in [7, 11) is -4.08. The highest BCUT2D eigenvalue weighted by atomic mass is 32.2. The molecule has 0 bridgehead atoms. The number of aromatic nitrogens is 4. The van der Waals surface area contributed by atoms with Gasteiger partial charge in [-0.3, -0.25) is 8.98 Å². The first-order chi connectivity index (χ1) is 15.3. The van der Waals surface area contributed by atoms with Crippen molar-refractivity contribution >= 4 is 33.2 Å². The first kappa shape index (κ1) is 22.5. The molecule has 0 saturated heterocycles. The van der Waals surface area contributed by atoms with Crippen LogP contribution in [0.1, 0.15) is 33.6 Å². The van der Waals surface area contributed by atoms with Gasteiger partial charge < -0.3 is 15.0 Å². The summed E-state index contributed by atoms with van der Waals surface area (Å²) in [5.41, 5.74) is 1.31. The Kier molecular flexibility index (Phi) is 6.62. The molecular formula is C19H22N6O5S2. The summed E-state index contributed by atoms with van der Waals surface area (Å²) in [5, 5.41) is 20.2. The van der Waals surface area contributed by atoms with Crippen LogP contribution in [0, 0.1) is 5.92 Å². The Morgan fingerprint density at radius 3 is 2.97 bits per heavy atom. The number of carbonyl (C=O) groups is 1. The summed E-state index contributed by atoms with van der Waals surface area (Å²) in [5.74, 6) is -0.253. The maximum absolute atomic E-state index is 13.1. The monoisotopic (exact) mass is 478 g/mol. The van der Waals surface area contributed by atoms with Crippen LogP contribution in [0.15, 0.2) is 42.7 Å². The Balaban J connectivity index is 1.44. The van der Waals surface area contributed by atoms with E-state index >= 15 is 0 Å². The number of thiophene rings is 1. The zero-order valence-corrected chi connectivity index (χ0v) is 18.5. The Labute approximate surface area is 188 Å². The van der Waals surface area contributed by atoms with Crippen molar-refractivity contribution in [2.45, 2.75) is 31.5 Å². The molecule has 4 rings (SSSR count). The molecule has 11 nitrogen and oxygen atoms in total. The molecule has 0 amide bonds. The van der Waals surface area contributed by atoms with Crippen LogP contribution in [-0.2, 0) is 21.0 Å². The lowest BCUT2D eigenvalue weighted by Gasteiger charge is -2.15. The molecule has 0 spiro atoms. The molecule has 1 aliphatic carbocycles. The molecule has 13 heteroatoms. The number of aliphatic hydroxyl groups excluding tert-OH is 1. The SMILES string of the molecule is NS(=O)(=O)OC[C@H]1C[C@@H](Nc2ncncc2C(=O)c2cc(Cn3ccnc3)cs2)C[C@@H]1O. The number of carbonyl (C=O) groups excluding carboxylic acids is 1. The van der Waals surface area contributed by atoms with Crippen molar-refractivity contribution in [3.8, 4) is 0 Å². The van der Waals surface area contributed by atoms with E-state index in [4.69, 9.17) is 5.14 Å². The molecule has 0 aromatic carbocycles. The zero-order chi connectivity index (χ0) is 22.7. The smallest absolute Gasteiger partial charge is 0.333 e. The topological polar surface area (TPSA) is 162 Å². The van der Waals surface area contributed by atoms with Gasteiger partial charge in [0.05, 0.1) is 29.5 Å². The van der Waals surface area contributed by atoms with E-state index in [2.05, 4.69) is 24.5 Å². The summed E-state index contributed by atoms with van der Waals surface area (Å²) in [6, 6.07) is 1.62. The van der Waals surface area contributed by atoms with E-state index in [-0.39, 0.29) is 18.4 Å². The van der Waals surface area contributed by atoms with Crippen molar-refractivity contribution in [2.75, 3.05) is 11.9 Å². The van der Waals surface area contributed by atoms with Crippen LogP contribution in [-0.4, -0.2) is 57.6 Å². The molecule has 170 valence electrons. The van der Waals surface area contributed by atoms with E-state index in [1.54, 1.807) is 12.5 Å². The highest BCUT2D eigenvalue weighted by Crippen LogP contribution is 2.30. The Morgan fingerprint density at radius 1 is 1.38 bits per heavy atom. The average molecular weight is 479 g/mol. The summed E-state index contributed by atoms with van der Waals surface area (Å²) >= 11 is 1.34. The van der Waals surface area contributed by atoms with Gasteiger partial charge in [0, 0.05) is 37.1 Å². The van der Waals surface area contributed by atoms with E-state index in [1.807, 2.05) is 22.2 Å². The third-order valence-electron chi connectivity index (χ3n) is 5.20.